The molecule has 0 unspecified atom stereocenters. The topological polar surface area (TPSA) is 161 Å². The molecule has 2 aromatic carbocycles. The van der Waals surface area contributed by atoms with Crippen molar-refractivity contribution in [1.82, 2.24) is 20.9 Å². The number of hydrogen-bond donors (Lipinski definition) is 5. The van der Waals surface area contributed by atoms with Crippen LogP contribution in [0.1, 0.15) is 40.6 Å². The number of hydrogen-bond acceptors (Lipinski definition) is 7. The Bertz CT molecular complexity index is 1490. The minimum Gasteiger partial charge on any atom is -0.465 e. The second-order valence-corrected chi connectivity index (χ2v) is 11.3. The summed E-state index contributed by atoms with van der Waals surface area (Å²) in [6.07, 6.45) is 0.0259. The summed E-state index contributed by atoms with van der Waals surface area (Å²) in [4.78, 5) is 52.1. The van der Waals surface area contributed by atoms with Crippen molar-refractivity contribution in [3.63, 3.8) is 0 Å². The molecule has 4 amide bonds. The summed E-state index contributed by atoms with van der Waals surface area (Å²) in [5.74, 6) is 0.00313. The average molecular weight is 576 g/mol. The highest BCUT2D eigenvalue weighted by molar-refractivity contribution is 7.10. The average Bonchev–Trinajstić information content (AvgIpc) is 3.26. The van der Waals surface area contributed by atoms with E-state index in [4.69, 9.17) is 15.3 Å². The van der Waals surface area contributed by atoms with Crippen LogP contribution in [0.4, 0.5) is 4.79 Å². The van der Waals surface area contributed by atoms with Crippen LogP contribution in [0.25, 0.3) is 0 Å². The molecule has 2 heterocycles. The molecule has 212 valence electrons. The number of amidine groups is 1. The van der Waals surface area contributed by atoms with Gasteiger partial charge in [0.05, 0.1) is 13.1 Å². The van der Waals surface area contributed by atoms with Crippen LogP contribution < -0.4 is 20.7 Å². The van der Waals surface area contributed by atoms with Gasteiger partial charge in [-0.2, -0.15) is 0 Å². The number of benzene rings is 2. The number of thiophene rings is 1. The van der Waals surface area contributed by atoms with Crippen molar-refractivity contribution in [2.45, 2.75) is 38.4 Å². The quantitative estimate of drug-likeness (QED) is 0.194. The molecule has 1 saturated heterocycles. The first-order valence-electron chi connectivity index (χ1n) is 13.0. The summed E-state index contributed by atoms with van der Waals surface area (Å²) in [7, 11) is 0. The van der Waals surface area contributed by atoms with Crippen molar-refractivity contribution < 1.29 is 29.0 Å². The molecule has 11 nitrogen and oxygen atoms in total. The SMILES string of the molecule is C[C@@]12C[C@@H]1N(C(=O)CNC(=O)c1ccc(Oc3ccccc3)cc1)[C@H](C(=O)NCc1cc(C(=N)NC(=O)O)cs1)C2. The van der Waals surface area contributed by atoms with Gasteiger partial charge in [-0.15, -0.1) is 11.3 Å². The van der Waals surface area contributed by atoms with Gasteiger partial charge in [0, 0.05) is 27.4 Å². The fraction of sp³-hybridized carbons (Fsp3) is 0.276. The number of carboxylic acid groups (broad SMARTS) is 1. The molecule has 12 heteroatoms. The van der Waals surface area contributed by atoms with E-state index in [-0.39, 0.29) is 42.2 Å². The second kappa shape index (κ2) is 11.4. The standard InChI is InChI=1S/C29H29N5O6S/c1-29-12-22(27(37)31-14-21-11-18(16-41-21)25(30)33-28(38)39)34(23(29)13-29)24(35)15-32-26(36)17-7-9-20(10-8-17)40-19-5-3-2-4-6-19/h2-11,16,22-23H,12-15H2,1H3,(H2,30,33)(H,31,37)(H,32,36)(H,38,39)/t22-,23-,29+/m0/s1. The van der Waals surface area contributed by atoms with E-state index in [2.05, 4.69) is 17.6 Å². The molecule has 2 aliphatic rings. The molecule has 1 aliphatic heterocycles. The maximum Gasteiger partial charge on any atom is 0.410 e. The summed E-state index contributed by atoms with van der Waals surface area (Å²) in [5.41, 5.74) is 0.665. The van der Waals surface area contributed by atoms with Crippen molar-refractivity contribution in [3.05, 3.63) is 82.0 Å². The fourth-order valence-corrected chi connectivity index (χ4v) is 5.90. The Labute approximate surface area is 240 Å². The van der Waals surface area contributed by atoms with Crippen LogP contribution in [0, 0.1) is 10.8 Å². The zero-order valence-corrected chi connectivity index (χ0v) is 23.0. The molecular weight excluding hydrogens is 546 g/mol. The zero-order chi connectivity index (χ0) is 29.1. The van der Waals surface area contributed by atoms with Gasteiger partial charge in [0.15, 0.2) is 0 Å². The zero-order valence-electron chi connectivity index (χ0n) is 22.2. The van der Waals surface area contributed by atoms with E-state index < -0.39 is 18.0 Å². The summed E-state index contributed by atoms with van der Waals surface area (Å²) in [6, 6.07) is 16.8. The number of nitrogens with zero attached hydrogens (tertiary/aromatic N) is 1. The van der Waals surface area contributed by atoms with Crippen LogP contribution in [0.2, 0.25) is 0 Å². The predicted octanol–water partition coefficient (Wildman–Crippen LogP) is 3.56. The first kappa shape index (κ1) is 27.8. The van der Waals surface area contributed by atoms with Crippen molar-refractivity contribution in [2.75, 3.05) is 6.54 Å². The summed E-state index contributed by atoms with van der Waals surface area (Å²) in [6.45, 7) is 2.00. The molecule has 1 aliphatic carbocycles. The molecule has 5 N–H and O–H groups in total. The molecule has 5 rings (SSSR count). The molecule has 3 aromatic rings. The van der Waals surface area contributed by atoms with Crippen molar-refractivity contribution in [1.29, 1.82) is 5.41 Å². The van der Waals surface area contributed by atoms with Gasteiger partial charge in [0.2, 0.25) is 11.8 Å². The maximum atomic E-state index is 13.2. The van der Waals surface area contributed by atoms with Crippen LogP contribution in [-0.4, -0.2) is 58.3 Å². The molecule has 0 bridgehead atoms. The van der Waals surface area contributed by atoms with Crippen molar-refractivity contribution >= 4 is 41.0 Å². The lowest BCUT2D eigenvalue weighted by atomic mass is 10.0. The van der Waals surface area contributed by atoms with Crippen LogP contribution in [-0.2, 0) is 16.1 Å². The molecule has 1 aromatic heterocycles. The lowest BCUT2D eigenvalue weighted by Crippen LogP contribution is -2.50. The minimum atomic E-state index is -1.32. The monoisotopic (exact) mass is 575 g/mol. The van der Waals surface area contributed by atoms with Gasteiger partial charge in [0.25, 0.3) is 5.91 Å². The lowest BCUT2D eigenvalue weighted by molar-refractivity contribution is -0.139. The number of fused-ring (bicyclic) bond motifs is 1. The van der Waals surface area contributed by atoms with E-state index in [1.54, 1.807) is 40.6 Å². The number of para-hydroxylation sites is 1. The Morgan fingerprint density at radius 1 is 1.02 bits per heavy atom. The third-order valence-corrected chi connectivity index (χ3v) is 8.27. The van der Waals surface area contributed by atoms with E-state index >= 15 is 0 Å². The van der Waals surface area contributed by atoms with E-state index in [9.17, 15) is 19.2 Å². The third-order valence-electron chi connectivity index (χ3n) is 7.33. The predicted molar refractivity (Wildman–Crippen MR) is 151 cm³/mol. The van der Waals surface area contributed by atoms with Gasteiger partial charge < -0.3 is 25.4 Å². The second-order valence-electron chi connectivity index (χ2n) is 10.3. The van der Waals surface area contributed by atoms with Gasteiger partial charge >= 0.3 is 6.09 Å². The molecule has 2 fully saturated rings. The van der Waals surface area contributed by atoms with Gasteiger partial charge in [-0.3, -0.25) is 25.1 Å². The Morgan fingerprint density at radius 2 is 1.73 bits per heavy atom. The van der Waals surface area contributed by atoms with Gasteiger partial charge in [-0.1, -0.05) is 25.1 Å². The fourth-order valence-electron chi connectivity index (χ4n) is 5.08. The van der Waals surface area contributed by atoms with E-state index in [1.165, 1.54) is 11.3 Å². The number of carbonyl (C=O) groups is 4. The largest absolute Gasteiger partial charge is 0.465 e. The first-order chi connectivity index (χ1) is 19.6. The third kappa shape index (κ3) is 6.38. The van der Waals surface area contributed by atoms with Gasteiger partial charge in [0.1, 0.15) is 23.4 Å². The van der Waals surface area contributed by atoms with Crippen LogP contribution in [0.15, 0.2) is 66.0 Å². The smallest absolute Gasteiger partial charge is 0.410 e. The Hall–Kier alpha value is -4.71. The number of likely N-dealkylation sites (tertiary alicyclic amines) is 1. The van der Waals surface area contributed by atoms with Crippen molar-refractivity contribution in [3.8, 4) is 11.5 Å². The molecule has 1 saturated carbocycles. The number of nitrogens with one attached hydrogen (secondary N) is 4. The highest BCUT2D eigenvalue weighted by atomic mass is 32.1. The molecule has 41 heavy (non-hydrogen) atoms. The summed E-state index contributed by atoms with van der Waals surface area (Å²) < 4.78 is 5.75. The number of rotatable bonds is 9. The van der Waals surface area contributed by atoms with Crippen LogP contribution >= 0.6 is 11.3 Å². The minimum absolute atomic E-state index is 0.0482. The number of amides is 4. The van der Waals surface area contributed by atoms with Crippen LogP contribution in [0.3, 0.4) is 0 Å². The molecular formula is C29H29N5O6S. The number of piperidine rings is 1. The van der Waals surface area contributed by atoms with Crippen LogP contribution in [0.5, 0.6) is 11.5 Å². The van der Waals surface area contributed by atoms with E-state index in [1.807, 2.05) is 35.6 Å². The molecule has 3 atom stereocenters. The number of carbonyl (C=O) groups excluding carboxylic acids is 3. The van der Waals surface area contributed by atoms with E-state index in [0.29, 0.717) is 29.0 Å². The summed E-state index contributed by atoms with van der Waals surface area (Å²) >= 11 is 1.29. The summed E-state index contributed by atoms with van der Waals surface area (Å²) in [5, 5.41) is 25.7. The Balaban J connectivity index is 1.14. The molecule has 0 spiro atoms. The first-order valence-corrected chi connectivity index (χ1v) is 13.9. The maximum absolute atomic E-state index is 13.2. The highest BCUT2D eigenvalue weighted by Crippen LogP contribution is 2.59. The van der Waals surface area contributed by atoms with Gasteiger partial charge in [-0.25, -0.2) is 4.79 Å². The lowest BCUT2D eigenvalue weighted by Gasteiger charge is -2.27. The normalized spacial score (nSPS) is 20.5. The van der Waals surface area contributed by atoms with E-state index in [0.717, 1.165) is 11.3 Å². The highest BCUT2D eigenvalue weighted by Gasteiger charge is 2.64. The Kier molecular flexibility index (Phi) is 7.75. The van der Waals surface area contributed by atoms with Crippen molar-refractivity contribution in [2.24, 2.45) is 5.41 Å². The van der Waals surface area contributed by atoms with Gasteiger partial charge in [-0.05, 0) is 60.7 Å². The molecule has 0 radical (unpaired) electrons. The Morgan fingerprint density at radius 3 is 2.44 bits per heavy atom. The number of ether oxygens (including phenoxy) is 1.